The first kappa shape index (κ1) is 14.7. The predicted octanol–water partition coefficient (Wildman–Crippen LogP) is 3.91. The van der Waals surface area contributed by atoms with Gasteiger partial charge in [0.25, 0.3) is 5.91 Å². The van der Waals surface area contributed by atoms with E-state index in [0.29, 0.717) is 11.5 Å². The Morgan fingerprint density at radius 1 is 1.41 bits per heavy atom. The lowest BCUT2D eigenvalue weighted by atomic mass is 10.1. The van der Waals surface area contributed by atoms with Crippen LogP contribution in [0.5, 0.6) is 0 Å². The molecular weight excluding hydrogens is 346 g/mol. The van der Waals surface area contributed by atoms with Gasteiger partial charge >= 0.3 is 0 Å². The highest BCUT2D eigenvalue weighted by Crippen LogP contribution is 2.18. The molecule has 4 heteroatoms. The number of hydrogen-bond donors (Lipinski definition) is 1. The van der Waals surface area contributed by atoms with E-state index < -0.39 is 0 Å². The van der Waals surface area contributed by atoms with E-state index in [4.69, 9.17) is 0 Å². The molecular formula is C13H17Br2NO. The molecule has 1 unspecified atom stereocenters. The molecule has 0 bridgehead atoms. The summed E-state index contributed by atoms with van der Waals surface area (Å²) in [7, 11) is 0. The maximum absolute atomic E-state index is 12.1. The van der Waals surface area contributed by atoms with Gasteiger partial charge in [-0.1, -0.05) is 41.4 Å². The van der Waals surface area contributed by atoms with Crippen molar-refractivity contribution in [3.05, 3.63) is 33.8 Å². The van der Waals surface area contributed by atoms with Gasteiger partial charge < -0.3 is 5.32 Å². The minimum atomic E-state index is -0.0290. The number of hydrogen-bond acceptors (Lipinski definition) is 1. The molecule has 1 rings (SSSR count). The number of rotatable bonds is 4. The third kappa shape index (κ3) is 4.11. The van der Waals surface area contributed by atoms with E-state index in [-0.39, 0.29) is 11.9 Å². The van der Waals surface area contributed by atoms with Crippen LogP contribution in [0.1, 0.15) is 29.8 Å². The lowest BCUT2D eigenvalue weighted by Gasteiger charge is -2.20. The third-order valence-electron chi connectivity index (χ3n) is 2.65. The first-order valence-corrected chi connectivity index (χ1v) is 7.50. The Morgan fingerprint density at radius 3 is 2.59 bits per heavy atom. The number of halogens is 2. The van der Waals surface area contributed by atoms with E-state index in [0.717, 1.165) is 15.4 Å². The number of benzene rings is 1. The zero-order valence-corrected chi connectivity index (χ0v) is 13.4. The smallest absolute Gasteiger partial charge is 0.252 e. The lowest BCUT2D eigenvalue weighted by Crippen LogP contribution is -2.39. The highest BCUT2D eigenvalue weighted by molar-refractivity contribution is 9.10. The summed E-state index contributed by atoms with van der Waals surface area (Å²) in [5, 5.41) is 3.80. The second kappa shape index (κ2) is 6.55. The molecule has 1 atom stereocenters. The van der Waals surface area contributed by atoms with Gasteiger partial charge in [-0.15, -0.1) is 0 Å². The molecule has 2 nitrogen and oxygen atoms in total. The molecule has 0 aliphatic rings. The topological polar surface area (TPSA) is 29.1 Å². The summed E-state index contributed by atoms with van der Waals surface area (Å²) in [5.41, 5.74) is 1.77. The Morgan fingerprint density at radius 2 is 2.06 bits per heavy atom. The SMILES string of the molecule is Cc1ccc(Br)c(C(=O)NC(CBr)C(C)C)c1. The van der Waals surface area contributed by atoms with Gasteiger partial charge in [0.1, 0.15) is 0 Å². The first-order valence-electron chi connectivity index (χ1n) is 5.58. The van der Waals surface area contributed by atoms with Crippen molar-refractivity contribution in [1.82, 2.24) is 5.32 Å². The minimum Gasteiger partial charge on any atom is -0.348 e. The van der Waals surface area contributed by atoms with Crippen LogP contribution in [0.4, 0.5) is 0 Å². The number of aryl methyl sites for hydroxylation is 1. The summed E-state index contributed by atoms with van der Waals surface area (Å²) in [5.74, 6) is 0.376. The molecule has 0 aromatic heterocycles. The van der Waals surface area contributed by atoms with Gasteiger partial charge in [-0.3, -0.25) is 4.79 Å². The maximum Gasteiger partial charge on any atom is 0.252 e. The average molecular weight is 363 g/mol. The van der Waals surface area contributed by atoms with Crippen molar-refractivity contribution in [3.63, 3.8) is 0 Å². The Hall–Kier alpha value is -0.350. The molecule has 0 heterocycles. The van der Waals surface area contributed by atoms with Crippen LogP contribution in [0.3, 0.4) is 0 Å². The normalized spacial score (nSPS) is 12.6. The summed E-state index contributed by atoms with van der Waals surface area (Å²) in [6, 6.07) is 5.92. The Kier molecular flexibility index (Phi) is 5.67. The van der Waals surface area contributed by atoms with Gasteiger partial charge in [0.05, 0.1) is 5.56 Å². The Balaban J connectivity index is 2.86. The molecule has 1 aromatic rings. The first-order chi connectivity index (χ1) is 7.95. The molecule has 1 aromatic carbocycles. The van der Waals surface area contributed by atoms with E-state index in [1.807, 2.05) is 25.1 Å². The van der Waals surface area contributed by atoms with E-state index in [1.54, 1.807) is 0 Å². The summed E-state index contributed by atoms with van der Waals surface area (Å²) in [6.07, 6.45) is 0. The molecule has 17 heavy (non-hydrogen) atoms. The largest absolute Gasteiger partial charge is 0.348 e. The fraction of sp³-hybridized carbons (Fsp3) is 0.462. The molecule has 0 aliphatic heterocycles. The van der Waals surface area contributed by atoms with Crippen LogP contribution in [0.15, 0.2) is 22.7 Å². The predicted molar refractivity (Wildman–Crippen MR) is 78.8 cm³/mol. The summed E-state index contributed by atoms with van der Waals surface area (Å²) >= 11 is 6.83. The van der Waals surface area contributed by atoms with Crippen LogP contribution in [0.25, 0.3) is 0 Å². The molecule has 0 aliphatic carbocycles. The highest BCUT2D eigenvalue weighted by Gasteiger charge is 2.17. The molecule has 1 N–H and O–H groups in total. The van der Waals surface area contributed by atoms with Crippen LogP contribution in [-0.4, -0.2) is 17.3 Å². The minimum absolute atomic E-state index is 0.0290. The fourth-order valence-corrected chi connectivity index (χ4v) is 2.78. The second-order valence-electron chi connectivity index (χ2n) is 4.46. The van der Waals surface area contributed by atoms with E-state index >= 15 is 0 Å². The van der Waals surface area contributed by atoms with Gasteiger partial charge in [0.2, 0.25) is 0 Å². The lowest BCUT2D eigenvalue weighted by molar-refractivity contribution is 0.0931. The molecule has 0 spiro atoms. The maximum atomic E-state index is 12.1. The monoisotopic (exact) mass is 361 g/mol. The van der Waals surface area contributed by atoms with Gasteiger partial charge in [-0.25, -0.2) is 0 Å². The van der Waals surface area contributed by atoms with Crippen molar-refractivity contribution in [2.45, 2.75) is 26.8 Å². The average Bonchev–Trinajstić information content (AvgIpc) is 2.28. The van der Waals surface area contributed by atoms with E-state index in [9.17, 15) is 4.79 Å². The van der Waals surface area contributed by atoms with Gasteiger partial charge in [-0.2, -0.15) is 0 Å². The van der Waals surface area contributed by atoms with Crippen molar-refractivity contribution in [3.8, 4) is 0 Å². The Labute approximate surface area is 119 Å². The van der Waals surface area contributed by atoms with Crippen molar-refractivity contribution in [2.24, 2.45) is 5.92 Å². The zero-order valence-electron chi connectivity index (χ0n) is 10.3. The van der Waals surface area contributed by atoms with Crippen LogP contribution < -0.4 is 5.32 Å². The summed E-state index contributed by atoms with van der Waals surface area (Å²) < 4.78 is 0.831. The van der Waals surface area contributed by atoms with Crippen LogP contribution in [-0.2, 0) is 0 Å². The number of amides is 1. The molecule has 94 valence electrons. The van der Waals surface area contributed by atoms with Crippen molar-refractivity contribution < 1.29 is 4.79 Å². The van der Waals surface area contributed by atoms with Gasteiger partial charge in [-0.05, 0) is 40.9 Å². The van der Waals surface area contributed by atoms with Crippen molar-refractivity contribution >= 4 is 37.8 Å². The molecule has 0 radical (unpaired) electrons. The van der Waals surface area contributed by atoms with Gasteiger partial charge in [0, 0.05) is 15.8 Å². The second-order valence-corrected chi connectivity index (χ2v) is 5.96. The highest BCUT2D eigenvalue weighted by atomic mass is 79.9. The van der Waals surface area contributed by atoms with Crippen LogP contribution in [0, 0.1) is 12.8 Å². The van der Waals surface area contributed by atoms with Gasteiger partial charge in [0.15, 0.2) is 0 Å². The molecule has 0 saturated carbocycles. The van der Waals surface area contributed by atoms with E-state index in [1.165, 1.54) is 0 Å². The molecule has 1 amide bonds. The number of carbonyl (C=O) groups is 1. The third-order valence-corrected chi connectivity index (χ3v) is 4.04. The van der Waals surface area contributed by atoms with E-state index in [2.05, 4.69) is 51.0 Å². The van der Waals surface area contributed by atoms with Crippen LogP contribution >= 0.6 is 31.9 Å². The number of carbonyl (C=O) groups excluding carboxylic acids is 1. The molecule has 0 fully saturated rings. The van der Waals surface area contributed by atoms with Crippen molar-refractivity contribution in [2.75, 3.05) is 5.33 Å². The number of alkyl halides is 1. The summed E-state index contributed by atoms with van der Waals surface area (Å²) in [4.78, 5) is 12.1. The molecule has 0 saturated heterocycles. The van der Waals surface area contributed by atoms with Crippen molar-refractivity contribution in [1.29, 1.82) is 0 Å². The fourth-order valence-electron chi connectivity index (χ4n) is 1.44. The standard InChI is InChI=1S/C13H17Br2NO/c1-8(2)12(7-14)16-13(17)10-6-9(3)4-5-11(10)15/h4-6,8,12H,7H2,1-3H3,(H,16,17). The number of nitrogens with one attached hydrogen (secondary N) is 1. The quantitative estimate of drug-likeness (QED) is 0.808. The Bertz CT molecular complexity index is 404. The van der Waals surface area contributed by atoms with Crippen LogP contribution in [0.2, 0.25) is 0 Å². The summed E-state index contributed by atoms with van der Waals surface area (Å²) in [6.45, 7) is 6.17. The zero-order chi connectivity index (χ0) is 13.0.